The number of nitrogens with two attached hydrogens (primary N) is 5. The number of carboxylic acid groups (broad SMARTS) is 2. The van der Waals surface area contributed by atoms with Gasteiger partial charge in [0.2, 0.25) is 82.7 Å². The normalized spacial score (nSPS) is 14.2. The summed E-state index contributed by atoms with van der Waals surface area (Å²) in [6.45, 7) is 1.77. The molecular formula is C78H107N21O22. The van der Waals surface area contributed by atoms with Crippen LogP contribution in [0.3, 0.4) is 0 Å². The van der Waals surface area contributed by atoms with Gasteiger partial charge in [0.15, 0.2) is 5.96 Å². The average Bonchev–Trinajstić information content (AvgIpc) is 1.50. The molecule has 4 aromatic carbocycles. The van der Waals surface area contributed by atoms with Crippen molar-refractivity contribution in [1.29, 1.82) is 0 Å². The summed E-state index contributed by atoms with van der Waals surface area (Å²) in [6.07, 6.45) is -0.273. The second-order valence-electron chi connectivity index (χ2n) is 28.4. The van der Waals surface area contributed by atoms with Gasteiger partial charge in [0.25, 0.3) is 0 Å². The molecule has 1 heterocycles. The quantitative estimate of drug-likeness (QED) is 0.00978. The molecule has 1 aromatic heterocycles. The third kappa shape index (κ3) is 35.1. The Kier molecular flexibility index (Phi) is 40.4. The number of aliphatic carboxylic acids is 2. The molecule has 30 N–H and O–H groups in total. The number of H-pyrrole nitrogens is 1. The van der Waals surface area contributed by atoms with Gasteiger partial charge in [0, 0.05) is 38.4 Å². The number of phenols is 3. The van der Waals surface area contributed by atoms with Gasteiger partial charge in [-0.3, -0.25) is 76.9 Å². The lowest BCUT2D eigenvalue weighted by molar-refractivity contribution is -0.142. The second kappa shape index (κ2) is 50.0. The van der Waals surface area contributed by atoms with Crippen molar-refractivity contribution < 1.29 is 107 Å². The van der Waals surface area contributed by atoms with Crippen LogP contribution < -0.4 is 97.8 Å². The number of rotatable bonds is 52. The number of aromatic nitrogens is 2. The Morgan fingerprint density at radius 2 is 0.868 bits per heavy atom. The summed E-state index contributed by atoms with van der Waals surface area (Å²) >= 11 is 0. The van der Waals surface area contributed by atoms with Crippen LogP contribution in [-0.2, 0) is 109 Å². The van der Waals surface area contributed by atoms with Gasteiger partial charge in [-0.2, -0.15) is 0 Å². The minimum Gasteiger partial charge on any atom is -0.508 e. The Bertz CT molecular complexity index is 4370. The maximum atomic E-state index is 15.0. The Labute approximate surface area is 694 Å². The Morgan fingerprint density at radius 1 is 0.446 bits per heavy atom. The zero-order valence-electron chi connectivity index (χ0n) is 66.7. The largest absolute Gasteiger partial charge is 0.508 e. The van der Waals surface area contributed by atoms with Crippen molar-refractivity contribution >= 4 is 101 Å². The highest BCUT2D eigenvalue weighted by Crippen LogP contribution is 2.18. The number of aliphatic imine (C=N–C) groups is 1. The Hall–Kier alpha value is -13.8. The van der Waals surface area contributed by atoms with E-state index in [1.807, 2.05) is 0 Å². The highest BCUT2D eigenvalue weighted by atomic mass is 16.4. The van der Waals surface area contributed by atoms with Gasteiger partial charge in [-0.1, -0.05) is 87.0 Å². The van der Waals surface area contributed by atoms with Crippen LogP contribution in [0.4, 0.5) is 0 Å². The molecule has 0 saturated carbocycles. The molecule has 13 atom stereocenters. The molecule has 14 amide bonds. The summed E-state index contributed by atoms with van der Waals surface area (Å²) < 4.78 is 0. The summed E-state index contributed by atoms with van der Waals surface area (Å²) in [4.78, 5) is 230. The van der Waals surface area contributed by atoms with E-state index in [0.717, 1.165) is 0 Å². The Balaban J connectivity index is 1.34. The fourth-order valence-corrected chi connectivity index (χ4v) is 11.9. The number of carbonyl (C=O) groups excluding carboxylic acids is 14. The smallest absolute Gasteiger partial charge is 0.326 e. The van der Waals surface area contributed by atoms with Gasteiger partial charge in [-0.15, -0.1) is 0 Å². The average molecular weight is 1690 g/mol. The van der Waals surface area contributed by atoms with E-state index in [-0.39, 0.29) is 106 Å². The minimum atomic E-state index is -2.04. The van der Waals surface area contributed by atoms with Crippen LogP contribution in [0.25, 0.3) is 0 Å². The number of benzene rings is 4. The summed E-state index contributed by atoms with van der Waals surface area (Å²) in [6, 6.07) is 5.58. The Morgan fingerprint density at radius 3 is 1.36 bits per heavy atom. The SMILES string of the molecule is CC[C@H](C)[C@H](NC(=O)[C@@H](N)Cc1ccc(O)cc1)C(=O)NCC(=O)N[C@@H](CO)C(=O)N[C@@H](CC(=O)O)C(=O)N[C@@H](CCCCN)C(=O)N[C@@H](Cc1ccc(O)cc1)C(=O)N[C@@H](Cc1ccccc1)C(=O)N[C@@H](Cc1c[nH]cn1)C(=O)N[C@@H](C)C(=O)N[C@@H](CCCN=C(N)N)C(=O)NCC(=O)N[C@@H](CC(N)=O)C(=O)N[C@@H](Cc1ccc(O)cc1)C(=O)O. The van der Waals surface area contributed by atoms with Gasteiger partial charge in [-0.25, -0.2) is 9.78 Å². The van der Waals surface area contributed by atoms with E-state index in [9.17, 15) is 103 Å². The molecule has 0 saturated heterocycles. The van der Waals surface area contributed by atoms with Crippen molar-refractivity contribution in [2.45, 2.75) is 177 Å². The monoisotopic (exact) mass is 1690 g/mol. The first-order chi connectivity index (χ1) is 57.4. The summed E-state index contributed by atoms with van der Waals surface area (Å²) in [5.41, 5.74) is 30.3. The number of phenolic OH excluding ortho intramolecular Hbond substituents is 3. The zero-order chi connectivity index (χ0) is 89.4. The predicted molar refractivity (Wildman–Crippen MR) is 432 cm³/mol. The van der Waals surface area contributed by atoms with Gasteiger partial charge < -0.3 is 133 Å². The molecule has 0 aliphatic carbocycles. The molecule has 43 heteroatoms. The first-order valence-electron chi connectivity index (χ1n) is 38.5. The number of hydrogen-bond donors (Lipinski definition) is 25. The summed E-state index contributed by atoms with van der Waals surface area (Å²) in [5.74, 6) is -18.9. The van der Waals surface area contributed by atoms with Crippen LogP contribution in [-0.4, -0.2) is 246 Å². The highest BCUT2D eigenvalue weighted by Gasteiger charge is 2.38. The van der Waals surface area contributed by atoms with Crippen molar-refractivity contribution in [3.8, 4) is 17.2 Å². The number of carbonyl (C=O) groups is 16. The maximum Gasteiger partial charge on any atom is 0.326 e. The molecule has 5 rings (SSSR count). The van der Waals surface area contributed by atoms with Crippen molar-refractivity contribution in [2.75, 3.05) is 32.8 Å². The van der Waals surface area contributed by atoms with Crippen LogP contribution in [0.5, 0.6) is 17.2 Å². The standard InChI is InChI=1S/C78H107N21O22/c1-4-41(2)65(99-67(110)51(80)29-44-15-21-48(101)22-16-44)76(119)87-38-63(106)91-60(39-100)75(118)97-58(35-64(107)108)74(117)93-53(13-8-9-27-79)69(112)94-55(31-45-17-23-49(102)24-18-45)71(114)95-54(30-43-11-6-5-7-12-43)72(115)96-56(33-47-36-84-40-88-47)70(113)89-42(3)66(109)92-52(14-10-28-85-78(82)83)68(111)86-37-62(105)90-57(34-61(81)104)73(116)98-59(77(120)121)32-46-19-25-50(103)26-20-46/h5-7,11-12,15-26,36,40-42,51-60,65,100-103H,4,8-10,13-14,27-35,37-39,79-80H2,1-3H3,(H2,81,104)(H,84,88)(H,86,111)(H,87,119)(H,89,113)(H,90,105)(H,91,106)(H,92,109)(H,93,117)(H,94,112)(H,95,114)(H,96,115)(H,97,118)(H,98,116)(H,99,110)(H,107,108)(H,120,121)(H4,82,83,85)/t41-,42-,51-,52-,53-,54-,55-,56-,57-,58-,59-,60-,65-/m0/s1. The molecule has 0 bridgehead atoms. The second-order valence-corrected chi connectivity index (χ2v) is 28.4. The molecule has 43 nitrogen and oxygen atoms in total. The maximum absolute atomic E-state index is 15.0. The van der Waals surface area contributed by atoms with Crippen molar-refractivity contribution in [3.63, 3.8) is 0 Å². The number of amides is 14. The van der Waals surface area contributed by atoms with Crippen molar-refractivity contribution in [2.24, 2.45) is 39.6 Å². The third-order valence-electron chi connectivity index (χ3n) is 18.7. The van der Waals surface area contributed by atoms with Gasteiger partial charge in [0.05, 0.1) is 50.6 Å². The molecule has 0 unspecified atom stereocenters. The number of carboxylic acids is 2. The third-order valence-corrected chi connectivity index (χ3v) is 18.7. The van der Waals surface area contributed by atoms with E-state index >= 15 is 4.79 Å². The topological polar surface area (TPSA) is 722 Å². The van der Waals surface area contributed by atoms with Gasteiger partial charge in [0.1, 0.15) is 83.7 Å². The fraction of sp³-hybridized carbons (Fsp3) is 0.436. The van der Waals surface area contributed by atoms with Crippen LogP contribution in [0, 0.1) is 5.92 Å². The molecule has 121 heavy (non-hydrogen) atoms. The number of primary amides is 1. The molecular weight excluding hydrogens is 1580 g/mol. The molecule has 5 aromatic rings. The number of imidazole rings is 1. The summed E-state index contributed by atoms with van der Waals surface area (Å²) in [7, 11) is 0. The molecule has 0 aliphatic rings. The van der Waals surface area contributed by atoms with E-state index in [1.54, 1.807) is 56.3 Å². The van der Waals surface area contributed by atoms with Crippen LogP contribution in [0.15, 0.2) is 121 Å². The number of unbranched alkanes of at least 4 members (excludes halogenated alkanes) is 1. The lowest BCUT2D eigenvalue weighted by Gasteiger charge is -2.28. The number of nitrogens with one attached hydrogen (secondary N) is 14. The predicted octanol–water partition coefficient (Wildman–Crippen LogP) is -6.39. The number of aliphatic hydroxyl groups is 1. The van der Waals surface area contributed by atoms with Gasteiger partial charge in [-0.05, 0) is 117 Å². The van der Waals surface area contributed by atoms with Crippen LogP contribution in [0.2, 0.25) is 0 Å². The van der Waals surface area contributed by atoms with Crippen molar-refractivity contribution in [3.05, 3.63) is 144 Å². The number of guanidine groups is 1. The molecule has 656 valence electrons. The number of aromatic amines is 1. The zero-order valence-corrected chi connectivity index (χ0v) is 66.7. The number of aliphatic hydroxyl groups excluding tert-OH is 1. The first kappa shape index (κ1) is 97.7. The highest BCUT2D eigenvalue weighted by molar-refractivity contribution is 6.01. The van der Waals surface area contributed by atoms with Crippen molar-refractivity contribution in [1.82, 2.24) is 79.1 Å². The lowest BCUT2D eigenvalue weighted by atomic mass is 9.97. The lowest BCUT2D eigenvalue weighted by Crippen LogP contribution is -2.61. The van der Waals surface area contributed by atoms with Gasteiger partial charge >= 0.3 is 11.9 Å². The first-order valence-corrected chi connectivity index (χ1v) is 38.5. The van der Waals surface area contributed by atoms with E-state index in [2.05, 4.69) is 84.1 Å². The summed E-state index contributed by atoms with van der Waals surface area (Å²) in [5, 5.41) is 91.1. The number of hydrogen-bond acceptors (Lipinski definition) is 24. The van der Waals surface area contributed by atoms with Crippen LogP contribution in [0.1, 0.15) is 100 Å². The van der Waals surface area contributed by atoms with Crippen LogP contribution >= 0.6 is 0 Å². The fourth-order valence-electron chi connectivity index (χ4n) is 11.9. The van der Waals surface area contributed by atoms with E-state index in [0.29, 0.717) is 28.7 Å². The number of aromatic hydroxyl groups is 3. The molecule has 0 aliphatic heterocycles. The van der Waals surface area contributed by atoms with E-state index < -0.39 is 206 Å². The molecule has 0 spiro atoms. The molecule has 0 radical (unpaired) electrons. The van der Waals surface area contributed by atoms with E-state index in [1.165, 1.54) is 80.1 Å². The number of nitrogens with zero attached hydrogens (tertiary/aromatic N) is 2. The molecule has 0 fully saturated rings. The minimum absolute atomic E-state index is 0.00623. The van der Waals surface area contributed by atoms with E-state index in [4.69, 9.17) is 28.7 Å².